The van der Waals surface area contributed by atoms with E-state index in [1.807, 2.05) is 0 Å². The Morgan fingerprint density at radius 1 is 0.739 bits per heavy atom. The van der Waals surface area contributed by atoms with E-state index in [1.54, 1.807) is 0 Å². The van der Waals surface area contributed by atoms with Crippen molar-refractivity contribution in [3.05, 3.63) is 36.5 Å². The van der Waals surface area contributed by atoms with Gasteiger partial charge < -0.3 is 24.4 Å². The number of carbonyl (C=O) groups is 3. The topological polar surface area (TPSA) is 119 Å². The fourth-order valence-corrected chi connectivity index (χ4v) is 0.991. The van der Waals surface area contributed by atoms with E-state index in [-0.39, 0.29) is 16.7 Å². The lowest BCUT2D eigenvalue weighted by atomic mass is 10.2. The third-order valence-corrected chi connectivity index (χ3v) is 2.45. The van der Waals surface area contributed by atoms with Crippen LogP contribution in [-0.4, -0.2) is 39.9 Å². The van der Waals surface area contributed by atoms with Crippen LogP contribution in [0.25, 0.3) is 0 Å². The van der Waals surface area contributed by atoms with E-state index in [1.165, 1.54) is 20.8 Å². The third kappa shape index (κ3) is 5.35. The van der Waals surface area contributed by atoms with Gasteiger partial charge in [0, 0.05) is 23.6 Å². The van der Waals surface area contributed by atoms with E-state index >= 15 is 0 Å². The van der Waals surface area contributed by atoms with Gasteiger partial charge in [-0.2, -0.15) is 0 Å². The summed E-state index contributed by atoms with van der Waals surface area (Å²) in [6, 6.07) is 0. The Morgan fingerprint density at radius 2 is 1.00 bits per heavy atom. The van der Waals surface area contributed by atoms with Crippen molar-refractivity contribution in [2.24, 2.45) is 0 Å². The van der Waals surface area contributed by atoms with Crippen molar-refractivity contribution in [3.8, 4) is 0 Å². The monoisotopic (exact) mass is 328 g/mol. The van der Waals surface area contributed by atoms with Crippen molar-refractivity contribution in [2.45, 2.75) is 39.5 Å². The summed E-state index contributed by atoms with van der Waals surface area (Å²) < 4.78 is 13.9. The van der Waals surface area contributed by atoms with E-state index in [0.717, 1.165) is 6.92 Å². The number of hydrogen-bond donors (Lipinski definition) is 2. The standard InChI is InChI=1S/C15H20O8/c1-8(2)11(16)21-14(7,22-12(17)9(3)4)15(19,20)23-13(18)10(5)6/h19-20H,1,3,5H2,2,4,6-7H3. The first-order valence-electron chi connectivity index (χ1n) is 6.34. The van der Waals surface area contributed by atoms with Crippen molar-refractivity contribution in [1.82, 2.24) is 0 Å². The van der Waals surface area contributed by atoms with Crippen LogP contribution in [0.2, 0.25) is 0 Å². The van der Waals surface area contributed by atoms with E-state index in [0.29, 0.717) is 0 Å². The highest BCUT2D eigenvalue weighted by molar-refractivity contribution is 5.89. The van der Waals surface area contributed by atoms with Gasteiger partial charge in [-0.1, -0.05) is 19.7 Å². The zero-order valence-corrected chi connectivity index (χ0v) is 13.5. The maximum absolute atomic E-state index is 11.7. The second-order valence-corrected chi connectivity index (χ2v) is 5.06. The quantitative estimate of drug-likeness (QED) is 0.398. The zero-order chi connectivity index (χ0) is 18.6. The van der Waals surface area contributed by atoms with Gasteiger partial charge in [-0.05, 0) is 20.8 Å². The first-order chi connectivity index (χ1) is 10.2. The fraction of sp³-hybridized carbons (Fsp3) is 0.400. The van der Waals surface area contributed by atoms with Crippen LogP contribution in [-0.2, 0) is 28.6 Å². The molecule has 0 fully saturated rings. The Hall–Kier alpha value is -2.45. The summed E-state index contributed by atoms with van der Waals surface area (Å²) in [5.41, 5.74) is -0.411. The van der Waals surface area contributed by atoms with Gasteiger partial charge in [0.2, 0.25) is 0 Å². The highest BCUT2D eigenvalue weighted by Crippen LogP contribution is 2.29. The lowest BCUT2D eigenvalue weighted by Gasteiger charge is -2.37. The summed E-state index contributed by atoms with van der Waals surface area (Å²) in [4.78, 5) is 34.8. The third-order valence-electron chi connectivity index (χ3n) is 2.45. The second-order valence-electron chi connectivity index (χ2n) is 5.06. The minimum atomic E-state index is -3.49. The van der Waals surface area contributed by atoms with Gasteiger partial charge in [0.15, 0.2) is 0 Å². The Bertz CT molecular complexity index is 542. The van der Waals surface area contributed by atoms with Crippen LogP contribution in [0.5, 0.6) is 0 Å². The number of carbonyl (C=O) groups excluding carboxylic acids is 3. The molecule has 23 heavy (non-hydrogen) atoms. The molecule has 8 nitrogen and oxygen atoms in total. The molecule has 0 atom stereocenters. The van der Waals surface area contributed by atoms with E-state index < -0.39 is 29.7 Å². The number of aliphatic hydroxyl groups is 2. The molecule has 0 saturated carbocycles. The molecule has 2 N–H and O–H groups in total. The predicted octanol–water partition coefficient (Wildman–Crippen LogP) is 0.699. The van der Waals surface area contributed by atoms with Gasteiger partial charge in [0.1, 0.15) is 0 Å². The van der Waals surface area contributed by atoms with E-state index in [2.05, 4.69) is 24.5 Å². The maximum Gasteiger partial charge on any atom is 0.406 e. The molecule has 0 aromatic rings. The number of rotatable bonds is 7. The molecule has 128 valence electrons. The van der Waals surface area contributed by atoms with Crippen LogP contribution in [0.3, 0.4) is 0 Å². The van der Waals surface area contributed by atoms with Crippen LogP contribution in [0.4, 0.5) is 0 Å². The molecule has 0 spiro atoms. The van der Waals surface area contributed by atoms with Crippen LogP contribution >= 0.6 is 0 Å². The summed E-state index contributed by atoms with van der Waals surface area (Å²) >= 11 is 0. The Balaban J connectivity index is 5.71. The molecular formula is C15H20O8. The van der Waals surface area contributed by atoms with Gasteiger partial charge >= 0.3 is 29.7 Å². The van der Waals surface area contributed by atoms with Crippen LogP contribution in [0, 0.1) is 0 Å². The maximum atomic E-state index is 11.7. The normalized spacial score (nSPS) is 11.2. The minimum absolute atomic E-state index is 0.121. The molecule has 0 unspecified atom stereocenters. The van der Waals surface area contributed by atoms with Gasteiger partial charge in [-0.15, -0.1) is 0 Å². The molecule has 0 saturated heterocycles. The molecule has 0 aromatic heterocycles. The predicted molar refractivity (Wildman–Crippen MR) is 78.3 cm³/mol. The molecule has 0 bridgehead atoms. The first kappa shape index (κ1) is 20.6. The fourth-order valence-electron chi connectivity index (χ4n) is 0.991. The summed E-state index contributed by atoms with van der Waals surface area (Å²) in [6.07, 6.45) is 0. The molecule has 0 aromatic carbocycles. The SMILES string of the molecule is C=C(C)C(=O)OC(O)(O)C(C)(OC(=O)C(=C)C)OC(=O)C(=C)C. The van der Waals surface area contributed by atoms with Crippen LogP contribution < -0.4 is 0 Å². The second kappa shape index (κ2) is 7.21. The Labute approximate surface area is 133 Å². The molecule has 0 aliphatic heterocycles. The number of esters is 3. The summed E-state index contributed by atoms with van der Waals surface area (Å²) in [5, 5.41) is 19.9. The molecule has 0 heterocycles. The van der Waals surface area contributed by atoms with Crippen LogP contribution in [0.15, 0.2) is 36.5 Å². The molecule has 8 heteroatoms. The van der Waals surface area contributed by atoms with Crippen LogP contribution in [0.1, 0.15) is 27.7 Å². The van der Waals surface area contributed by atoms with E-state index in [9.17, 15) is 24.6 Å². The Kier molecular flexibility index (Phi) is 6.44. The largest absolute Gasteiger partial charge is 0.410 e. The van der Waals surface area contributed by atoms with Crippen molar-refractivity contribution in [1.29, 1.82) is 0 Å². The summed E-state index contributed by atoms with van der Waals surface area (Å²) in [6.45, 7) is 14.5. The van der Waals surface area contributed by atoms with Gasteiger partial charge in [0.05, 0.1) is 0 Å². The van der Waals surface area contributed by atoms with Gasteiger partial charge in [-0.25, -0.2) is 14.4 Å². The molecule has 0 radical (unpaired) electrons. The lowest BCUT2D eigenvalue weighted by Crippen LogP contribution is -2.60. The Morgan fingerprint density at radius 3 is 1.26 bits per heavy atom. The number of ether oxygens (including phenoxy) is 3. The average Bonchev–Trinajstić information content (AvgIpc) is 2.37. The highest BCUT2D eigenvalue weighted by atomic mass is 16.9. The lowest BCUT2D eigenvalue weighted by molar-refractivity contribution is -0.436. The minimum Gasteiger partial charge on any atom is -0.410 e. The van der Waals surface area contributed by atoms with Crippen molar-refractivity contribution >= 4 is 17.9 Å². The van der Waals surface area contributed by atoms with E-state index in [4.69, 9.17) is 9.47 Å². The first-order valence-corrected chi connectivity index (χ1v) is 6.34. The molecule has 0 aliphatic rings. The number of hydrogen-bond acceptors (Lipinski definition) is 8. The van der Waals surface area contributed by atoms with Crippen molar-refractivity contribution in [2.75, 3.05) is 0 Å². The average molecular weight is 328 g/mol. The smallest absolute Gasteiger partial charge is 0.406 e. The highest BCUT2D eigenvalue weighted by Gasteiger charge is 2.57. The molecule has 0 aliphatic carbocycles. The zero-order valence-electron chi connectivity index (χ0n) is 13.5. The van der Waals surface area contributed by atoms with Gasteiger partial charge in [-0.3, -0.25) is 0 Å². The summed E-state index contributed by atoms with van der Waals surface area (Å²) in [7, 11) is 0. The summed E-state index contributed by atoms with van der Waals surface area (Å²) in [5.74, 6) is -9.69. The molecular weight excluding hydrogens is 308 g/mol. The molecule has 0 amide bonds. The molecule has 0 rings (SSSR count). The van der Waals surface area contributed by atoms with Crippen molar-refractivity contribution in [3.63, 3.8) is 0 Å². The van der Waals surface area contributed by atoms with Crippen molar-refractivity contribution < 1.29 is 38.8 Å². The van der Waals surface area contributed by atoms with Gasteiger partial charge in [0.25, 0.3) is 0 Å².